The number of ether oxygens (including phenoxy) is 1. The highest BCUT2D eigenvalue weighted by molar-refractivity contribution is 5.80. The van der Waals surface area contributed by atoms with Crippen LogP contribution >= 0.6 is 0 Å². The first-order valence-corrected chi connectivity index (χ1v) is 8.80. The number of benzene rings is 1. The second-order valence-electron chi connectivity index (χ2n) is 6.19. The smallest absolute Gasteiger partial charge is 0.192 e. The summed E-state index contributed by atoms with van der Waals surface area (Å²) in [4.78, 5) is 4.70. The maximum Gasteiger partial charge on any atom is 0.192 e. The molecule has 7 nitrogen and oxygen atoms in total. The minimum absolute atomic E-state index is 0.189. The van der Waals surface area contributed by atoms with Gasteiger partial charge in [0.2, 0.25) is 0 Å². The topological polar surface area (TPSA) is 76.4 Å². The number of fused-ring (bicyclic) bond motifs is 1. The monoisotopic (exact) mass is 342 g/mol. The molecule has 1 aliphatic heterocycles. The summed E-state index contributed by atoms with van der Waals surface area (Å²) in [6.45, 7) is 6.14. The van der Waals surface area contributed by atoms with Crippen molar-refractivity contribution in [1.82, 2.24) is 25.4 Å². The lowest BCUT2D eigenvalue weighted by Crippen LogP contribution is -2.41. The fourth-order valence-corrected chi connectivity index (χ4v) is 2.79. The highest BCUT2D eigenvalue weighted by Gasteiger charge is 2.21. The quantitative estimate of drug-likeness (QED) is 0.643. The number of aromatic nitrogens is 3. The van der Waals surface area contributed by atoms with Gasteiger partial charge in [0.25, 0.3) is 0 Å². The van der Waals surface area contributed by atoms with Crippen molar-refractivity contribution >= 4 is 5.96 Å². The second-order valence-corrected chi connectivity index (χ2v) is 6.19. The number of aryl methyl sites for hydroxylation is 1. The number of rotatable bonds is 5. The Morgan fingerprint density at radius 1 is 1.36 bits per heavy atom. The second kappa shape index (κ2) is 8.00. The number of hydrogen-bond donors (Lipinski definition) is 2. The predicted octanol–water partition coefficient (Wildman–Crippen LogP) is 2.09. The molecule has 2 heterocycles. The van der Waals surface area contributed by atoms with Crippen LogP contribution in [-0.4, -0.2) is 33.9 Å². The molecule has 0 saturated heterocycles. The summed E-state index contributed by atoms with van der Waals surface area (Å²) in [5.41, 5.74) is 1.18. The van der Waals surface area contributed by atoms with Crippen molar-refractivity contribution in [3.8, 4) is 5.75 Å². The Labute approximate surface area is 148 Å². The van der Waals surface area contributed by atoms with Gasteiger partial charge in [-0.3, -0.25) is 0 Å². The fraction of sp³-hybridized carbons (Fsp3) is 0.500. The van der Waals surface area contributed by atoms with Crippen LogP contribution in [0, 0.1) is 6.92 Å². The molecular formula is C18H26N6O. The molecule has 0 radical (unpaired) electrons. The van der Waals surface area contributed by atoms with Crippen molar-refractivity contribution in [1.29, 1.82) is 0 Å². The number of hydrogen-bond acceptors (Lipinski definition) is 4. The lowest BCUT2D eigenvalue weighted by Gasteiger charge is -2.28. The third kappa shape index (κ3) is 4.10. The molecule has 1 atom stereocenters. The van der Waals surface area contributed by atoms with Gasteiger partial charge < -0.3 is 19.9 Å². The molecule has 1 aromatic carbocycles. The molecule has 7 heteroatoms. The van der Waals surface area contributed by atoms with Crippen molar-refractivity contribution < 1.29 is 4.74 Å². The molecule has 2 N–H and O–H groups in total. The predicted molar refractivity (Wildman–Crippen MR) is 97.6 cm³/mol. The van der Waals surface area contributed by atoms with Gasteiger partial charge in [0, 0.05) is 25.6 Å². The van der Waals surface area contributed by atoms with Gasteiger partial charge in [-0.05, 0) is 19.4 Å². The summed E-state index contributed by atoms with van der Waals surface area (Å²) in [6.07, 6.45) is 1.95. The standard InChI is InChI=1S/C18H26N6O/c1-4-10-19-18(20-12-17-23-22-13(2)24(17)3)21-15-9-11-25-16-8-6-5-7-14(15)16/h5-8,15H,4,9-12H2,1-3H3,(H2,19,20,21). The van der Waals surface area contributed by atoms with Gasteiger partial charge in [-0.1, -0.05) is 25.1 Å². The Hall–Kier alpha value is -2.57. The van der Waals surface area contributed by atoms with Crippen LogP contribution in [0.5, 0.6) is 5.75 Å². The van der Waals surface area contributed by atoms with Gasteiger partial charge in [0.05, 0.1) is 12.6 Å². The Bertz CT molecular complexity index is 739. The van der Waals surface area contributed by atoms with Gasteiger partial charge in [0.1, 0.15) is 18.1 Å². The summed E-state index contributed by atoms with van der Waals surface area (Å²) in [5, 5.41) is 15.2. The highest BCUT2D eigenvalue weighted by Crippen LogP contribution is 2.31. The molecule has 0 saturated carbocycles. The molecule has 0 fully saturated rings. The van der Waals surface area contributed by atoms with Crippen LogP contribution in [0.2, 0.25) is 0 Å². The summed E-state index contributed by atoms with van der Waals surface area (Å²) in [5.74, 6) is 3.48. The van der Waals surface area contributed by atoms with Gasteiger partial charge in [-0.2, -0.15) is 0 Å². The van der Waals surface area contributed by atoms with E-state index in [9.17, 15) is 0 Å². The molecule has 1 aromatic heterocycles. The third-order valence-corrected chi connectivity index (χ3v) is 4.37. The zero-order valence-electron chi connectivity index (χ0n) is 15.1. The van der Waals surface area contributed by atoms with Crippen molar-refractivity contribution in [2.75, 3.05) is 13.2 Å². The fourth-order valence-electron chi connectivity index (χ4n) is 2.79. The number of para-hydroxylation sites is 1. The lowest BCUT2D eigenvalue weighted by molar-refractivity contribution is 0.261. The van der Waals surface area contributed by atoms with E-state index in [0.717, 1.165) is 42.7 Å². The first-order valence-electron chi connectivity index (χ1n) is 8.80. The Balaban J connectivity index is 1.75. The Morgan fingerprint density at radius 2 is 2.20 bits per heavy atom. The molecule has 25 heavy (non-hydrogen) atoms. The minimum Gasteiger partial charge on any atom is -0.493 e. The minimum atomic E-state index is 0.189. The summed E-state index contributed by atoms with van der Waals surface area (Å²) in [7, 11) is 1.96. The van der Waals surface area contributed by atoms with E-state index < -0.39 is 0 Å². The van der Waals surface area contributed by atoms with Crippen molar-refractivity contribution in [2.24, 2.45) is 12.0 Å². The zero-order chi connectivity index (χ0) is 17.6. The maximum atomic E-state index is 5.74. The van der Waals surface area contributed by atoms with Gasteiger partial charge in [-0.25, -0.2) is 4.99 Å². The highest BCUT2D eigenvalue weighted by atomic mass is 16.5. The van der Waals surface area contributed by atoms with Crippen molar-refractivity contribution in [3.05, 3.63) is 41.5 Å². The number of guanidine groups is 1. The molecule has 3 rings (SSSR count). The van der Waals surface area contributed by atoms with Crippen LogP contribution in [0.25, 0.3) is 0 Å². The van der Waals surface area contributed by atoms with E-state index in [1.807, 2.05) is 36.7 Å². The van der Waals surface area contributed by atoms with E-state index in [1.165, 1.54) is 5.56 Å². The Morgan fingerprint density at radius 3 is 2.96 bits per heavy atom. The summed E-state index contributed by atoms with van der Waals surface area (Å²) < 4.78 is 7.71. The molecule has 1 aliphatic rings. The molecular weight excluding hydrogens is 316 g/mol. The van der Waals surface area contributed by atoms with Crippen LogP contribution in [-0.2, 0) is 13.6 Å². The van der Waals surface area contributed by atoms with Gasteiger partial charge >= 0.3 is 0 Å². The van der Waals surface area contributed by atoms with E-state index in [0.29, 0.717) is 13.2 Å². The average molecular weight is 342 g/mol. The SMILES string of the molecule is CCCNC(=NCc1nnc(C)n1C)NC1CCOc2ccccc21. The van der Waals surface area contributed by atoms with Crippen molar-refractivity contribution in [2.45, 2.75) is 39.3 Å². The Kier molecular flexibility index (Phi) is 5.53. The van der Waals surface area contributed by atoms with Crippen LogP contribution in [0.3, 0.4) is 0 Å². The van der Waals surface area contributed by atoms with Crippen molar-refractivity contribution in [3.63, 3.8) is 0 Å². The van der Waals surface area contributed by atoms with E-state index in [2.05, 4.69) is 33.8 Å². The van der Waals surface area contributed by atoms with E-state index in [4.69, 9.17) is 9.73 Å². The normalized spacial score (nSPS) is 16.9. The van der Waals surface area contributed by atoms with Crippen LogP contribution in [0.1, 0.15) is 43.0 Å². The molecule has 2 aromatic rings. The number of nitrogens with zero attached hydrogens (tertiary/aromatic N) is 4. The number of aliphatic imine (C=N–C) groups is 1. The zero-order valence-corrected chi connectivity index (χ0v) is 15.1. The summed E-state index contributed by atoms with van der Waals surface area (Å²) in [6, 6.07) is 8.36. The van der Waals surface area contributed by atoms with Crippen LogP contribution in [0.15, 0.2) is 29.3 Å². The maximum absolute atomic E-state index is 5.74. The van der Waals surface area contributed by atoms with Gasteiger partial charge in [-0.15, -0.1) is 10.2 Å². The largest absolute Gasteiger partial charge is 0.493 e. The third-order valence-electron chi connectivity index (χ3n) is 4.37. The van der Waals surface area contributed by atoms with Gasteiger partial charge in [0.15, 0.2) is 11.8 Å². The average Bonchev–Trinajstić information content (AvgIpc) is 2.96. The molecule has 0 bridgehead atoms. The molecule has 0 amide bonds. The van der Waals surface area contributed by atoms with E-state index >= 15 is 0 Å². The number of nitrogens with one attached hydrogen (secondary N) is 2. The van der Waals surface area contributed by atoms with Crippen LogP contribution < -0.4 is 15.4 Å². The first kappa shape index (κ1) is 17.3. The molecule has 1 unspecified atom stereocenters. The van der Waals surface area contributed by atoms with E-state index in [-0.39, 0.29) is 6.04 Å². The first-order chi connectivity index (χ1) is 12.2. The van der Waals surface area contributed by atoms with E-state index in [1.54, 1.807) is 0 Å². The molecule has 134 valence electrons. The summed E-state index contributed by atoms with van der Waals surface area (Å²) >= 11 is 0. The molecule has 0 aliphatic carbocycles. The van der Waals surface area contributed by atoms with Crippen LogP contribution in [0.4, 0.5) is 0 Å². The lowest BCUT2D eigenvalue weighted by atomic mass is 10.0. The molecule has 0 spiro atoms.